The average molecular weight is 382 g/mol. The van der Waals surface area contributed by atoms with Gasteiger partial charge in [0.15, 0.2) is 0 Å². The van der Waals surface area contributed by atoms with E-state index in [0.717, 1.165) is 26.2 Å². The number of halogens is 2. The topological polar surface area (TPSA) is 24.1 Å². The SMILES string of the molecule is CCNCCNCC.[Cl][Pt][Cl]. The van der Waals surface area contributed by atoms with Crippen LogP contribution in [0.4, 0.5) is 0 Å². The molecule has 0 radical (unpaired) electrons. The normalized spacial score (nSPS) is 9.09. The van der Waals surface area contributed by atoms with Gasteiger partial charge in [0.1, 0.15) is 0 Å². The first kappa shape index (κ1) is 14.7. The molecule has 0 fully saturated rings. The molecule has 0 aromatic heterocycles. The van der Waals surface area contributed by atoms with Crippen molar-refractivity contribution in [1.82, 2.24) is 10.6 Å². The van der Waals surface area contributed by atoms with E-state index in [9.17, 15) is 0 Å². The van der Waals surface area contributed by atoms with Gasteiger partial charge in [-0.3, -0.25) is 0 Å². The van der Waals surface area contributed by atoms with E-state index in [1.54, 1.807) is 0 Å². The number of likely N-dealkylation sites (N-methyl/N-ethyl adjacent to an activating group) is 2. The fourth-order valence-electron chi connectivity index (χ4n) is 0.530. The fourth-order valence-corrected chi connectivity index (χ4v) is 0.530. The molecule has 0 saturated heterocycles. The van der Waals surface area contributed by atoms with E-state index >= 15 is 0 Å². The van der Waals surface area contributed by atoms with Crippen LogP contribution >= 0.6 is 18.8 Å². The third-order valence-electron chi connectivity index (χ3n) is 0.979. The van der Waals surface area contributed by atoms with Crippen molar-refractivity contribution in [3.63, 3.8) is 0 Å². The summed E-state index contributed by atoms with van der Waals surface area (Å²) in [6, 6.07) is 0. The van der Waals surface area contributed by atoms with E-state index in [1.807, 2.05) is 0 Å². The van der Waals surface area contributed by atoms with E-state index in [2.05, 4.69) is 24.5 Å². The monoisotopic (exact) mass is 381 g/mol. The molecular weight excluding hydrogens is 366 g/mol. The summed E-state index contributed by atoms with van der Waals surface area (Å²) in [5, 5.41) is 6.44. The van der Waals surface area contributed by atoms with Gasteiger partial charge in [0.25, 0.3) is 0 Å². The molecule has 0 aliphatic carbocycles. The van der Waals surface area contributed by atoms with Crippen LogP contribution in [-0.4, -0.2) is 26.2 Å². The van der Waals surface area contributed by atoms with Crippen LogP contribution in [0.3, 0.4) is 0 Å². The summed E-state index contributed by atoms with van der Waals surface area (Å²) >= 11 is -0.472. The van der Waals surface area contributed by atoms with Gasteiger partial charge in [0.2, 0.25) is 0 Å². The summed E-state index contributed by atoms with van der Waals surface area (Å²) in [6.07, 6.45) is 0. The van der Waals surface area contributed by atoms with Gasteiger partial charge in [-0.25, -0.2) is 0 Å². The Morgan fingerprint density at radius 3 is 1.45 bits per heavy atom. The minimum absolute atomic E-state index is 0.472. The van der Waals surface area contributed by atoms with Gasteiger partial charge in [-0.15, -0.1) is 0 Å². The van der Waals surface area contributed by atoms with Gasteiger partial charge in [0, 0.05) is 13.1 Å². The first-order valence-electron chi connectivity index (χ1n) is 3.57. The van der Waals surface area contributed by atoms with Gasteiger partial charge in [-0.2, -0.15) is 0 Å². The Labute approximate surface area is 85.8 Å². The predicted molar refractivity (Wildman–Crippen MR) is 48.8 cm³/mol. The number of rotatable bonds is 5. The van der Waals surface area contributed by atoms with E-state index in [4.69, 9.17) is 18.8 Å². The molecule has 0 aliphatic rings. The Hall–Kier alpha value is 1.19. The molecule has 0 aliphatic heterocycles. The molecule has 0 amide bonds. The van der Waals surface area contributed by atoms with Crippen molar-refractivity contribution in [2.75, 3.05) is 26.2 Å². The molecule has 0 aromatic carbocycles. The summed E-state index contributed by atoms with van der Waals surface area (Å²) in [5.74, 6) is 0. The van der Waals surface area contributed by atoms with Crippen LogP contribution in [0.1, 0.15) is 13.8 Å². The van der Waals surface area contributed by atoms with E-state index in [0.29, 0.717) is 0 Å². The van der Waals surface area contributed by atoms with Gasteiger partial charge >= 0.3 is 35.3 Å². The maximum absolute atomic E-state index is 4.88. The van der Waals surface area contributed by atoms with Gasteiger partial charge < -0.3 is 10.6 Å². The Morgan fingerprint density at radius 2 is 1.27 bits per heavy atom. The molecule has 5 heteroatoms. The molecule has 0 atom stereocenters. The molecule has 2 N–H and O–H groups in total. The molecule has 0 saturated carbocycles. The van der Waals surface area contributed by atoms with Crippen molar-refractivity contribution in [3.8, 4) is 0 Å². The Kier molecular flexibility index (Phi) is 23.1. The molecule has 0 spiro atoms. The van der Waals surface area contributed by atoms with Crippen molar-refractivity contribution in [3.05, 3.63) is 0 Å². The summed E-state index contributed by atoms with van der Waals surface area (Å²) in [7, 11) is 9.75. The zero-order valence-corrected chi connectivity index (χ0v) is 10.7. The number of hydrogen-bond acceptors (Lipinski definition) is 2. The van der Waals surface area contributed by atoms with E-state index in [-0.39, 0.29) is 0 Å². The molecule has 2 nitrogen and oxygen atoms in total. The quantitative estimate of drug-likeness (QED) is 0.706. The minimum atomic E-state index is -0.472. The van der Waals surface area contributed by atoms with Gasteiger partial charge in [-0.05, 0) is 13.1 Å². The number of nitrogens with one attached hydrogen (secondary N) is 2. The van der Waals surface area contributed by atoms with E-state index in [1.165, 1.54) is 0 Å². The number of hydrogen-bond donors (Lipinski definition) is 2. The van der Waals surface area contributed by atoms with Gasteiger partial charge in [-0.1, -0.05) is 13.8 Å². The molecule has 0 bridgehead atoms. The molecule has 0 rings (SSSR count). The van der Waals surface area contributed by atoms with Crippen molar-refractivity contribution >= 4 is 18.8 Å². The molecule has 0 unspecified atom stereocenters. The van der Waals surface area contributed by atoms with Gasteiger partial charge in [0.05, 0.1) is 0 Å². The Balaban J connectivity index is 0. The molecule has 0 aromatic rings. The second kappa shape index (κ2) is 17.3. The fraction of sp³-hybridized carbons (Fsp3) is 1.00. The second-order valence-electron chi connectivity index (χ2n) is 1.75. The zero-order chi connectivity index (χ0) is 8.95. The maximum atomic E-state index is 4.88. The van der Waals surface area contributed by atoms with Crippen LogP contribution in [0.5, 0.6) is 0 Å². The predicted octanol–water partition coefficient (Wildman–Crippen LogP) is 1.58. The average Bonchev–Trinajstić information content (AvgIpc) is 2.00. The first-order valence-corrected chi connectivity index (χ1v) is 9.20. The third-order valence-corrected chi connectivity index (χ3v) is 0.979. The van der Waals surface area contributed by atoms with Crippen LogP contribution < -0.4 is 10.6 Å². The zero-order valence-electron chi connectivity index (χ0n) is 6.90. The van der Waals surface area contributed by atoms with Crippen LogP contribution in [0.15, 0.2) is 0 Å². The van der Waals surface area contributed by atoms with Crippen molar-refractivity contribution in [1.29, 1.82) is 0 Å². The van der Waals surface area contributed by atoms with E-state index < -0.39 is 16.5 Å². The summed E-state index contributed by atoms with van der Waals surface area (Å²) < 4.78 is 0. The molecule has 11 heavy (non-hydrogen) atoms. The summed E-state index contributed by atoms with van der Waals surface area (Å²) in [6.45, 7) is 8.56. The van der Waals surface area contributed by atoms with Crippen LogP contribution in [0, 0.1) is 0 Å². The van der Waals surface area contributed by atoms with Crippen molar-refractivity contribution in [2.45, 2.75) is 13.8 Å². The summed E-state index contributed by atoms with van der Waals surface area (Å²) in [4.78, 5) is 0. The van der Waals surface area contributed by atoms with Crippen molar-refractivity contribution < 1.29 is 16.5 Å². The first-order chi connectivity index (χ1) is 5.33. The van der Waals surface area contributed by atoms with Crippen LogP contribution in [0.2, 0.25) is 0 Å². The third kappa shape index (κ3) is 24.7. The molecule has 0 heterocycles. The van der Waals surface area contributed by atoms with Crippen LogP contribution in [-0.2, 0) is 16.5 Å². The molecular formula is C6H16Cl2N2Pt. The van der Waals surface area contributed by atoms with Crippen LogP contribution in [0.25, 0.3) is 0 Å². The molecule has 74 valence electrons. The Bertz CT molecular complexity index is 51.8. The summed E-state index contributed by atoms with van der Waals surface area (Å²) in [5.41, 5.74) is 0. The van der Waals surface area contributed by atoms with Crippen molar-refractivity contribution in [2.24, 2.45) is 0 Å². The Morgan fingerprint density at radius 1 is 1.00 bits per heavy atom. The second-order valence-corrected chi connectivity index (χ2v) is 5.04. The standard InChI is InChI=1S/C6H16N2.2ClH.Pt/c1-3-7-5-6-8-4-2;;;/h7-8H,3-6H2,1-2H3;2*1H;/q;;;+2/p-2.